The molecule has 0 radical (unpaired) electrons. The first-order chi connectivity index (χ1) is 12.2. The molecule has 3 nitrogen and oxygen atoms in total. The van der Waals surface area contributed by atoms with Gasteiger partial charge in [-0.1, -0.05) is 67.2 Å². The Morgan fingerprint density at radius 3 is 1.40 bits per heavy atom. The number of ether oxygens (including phenoxy) is 3. The lowest BCUT2D eigenvalue weighted by atomic mass is 10.3. The summed E-state index contributed by atoms with van der Waals surface area (Å²) in [6, 6.07) is 28.6. The van der Waals surface area contributed by atoms with Crippen molar-refractivity contribution in [1.82, 2.24) is 0 Å². The summed E-state index contributed by atoms with van der Waals surface area (Å²) in [5, 5.41) is -1.25. The molecule has 0 spiro atoms. The maximum absolute atomic E-state index is 6.09. The highest BCUT2D eigenvalue weighted by atomic mass is 32.1. The van der Waals surface area contributed by atoms with Gasteiger partial charge in [-0.2, -0.15) is 0 Å². The molecule has 0 aliphatic heterocycles. The Bertz CT molecular complexity index is 727. The molecule has 25 heavy (non-hydrogen) atoms. The Morgan fingerprint density at radius 1 is 0.640 bits per heavy atom. The van der Waals surface area contributed by atoms with E-state index in [9.17, 15) is 0 Å². The van der Waals surface area contributed by atoms with Crippen LogP contribution in [0.25, 0.3) is 0 Å². The van der Waals surface area contributed by atoms with Gasteiger partial charge in [0.1, 0.15) is 17.2 Å². The zero-order valence-electron chi connectivity index (χ0n) is 13.9. The summed E-state index contributed by atoms with van der Waals surface area (Å²) < 4.78 is 18.2. The summed E-state index contributed by atoms with van der Waals surface area (Å²) in [4.78, 5) is 0. The highest BCUT2D eigenvalue weighted by molar-refractivity contribution is 7.81. The average molecular weight is 369 g/mol. The number of hydrogen-bond donors (Lipinski definition) is 1. The third kappa shape index (κ3) is 4.81. The van der Waals surface area contributed by atoms with E-state index in [-0.39, 0.29) is 5.73 Å². The van der Waals surface area contributed by atoms with Crippen LogP contribution in [-0.2, 0) is 0 Å². The Hall–Kier alpha value is -2.37. The molecule has 0 N–H and O–H groups in total. The molecule has 0 fully saturated rings. The van der Waals surface area contributed by atoms with Gasteiger partial charge >= 0.3 is 5.12 Å². The molecular formula is C20H20O3SSi. The van der Waals surface area contributed by atoms with E-state index in [1.807, 2.05) is 91.0 Å². The van der Waals surface area contributed by atoms with Crippen molar-refractivity contribution in [2.75, 3.05) is 0 Å². The first-order valence-electron chi connectivity index (χ1n) is 8.08. The SMILES string of the molecule is [SiH3]C(Oc1ccccc1)C(S)(Oc1ccccc1)Oc1ccccc1. The lowest BCUT2D eigenvalue weighted by Gasteiger charge is -2.35. The minimum atomic E-state index is -1.25. The molecule has 0 saturated heterocycles. The van der Waals surface area contributed by atoms with Gasteiger partial charge in [0, 0.05) is 0 Å². The molecule has 0 bridgehead atoms. The monoisotopic (exact) mass is 368 g/mol. The average Bonchev–Trinajstić information content (AvgIpc) is 2.64. The lowest BCUT2D eigenvalue weighted by molar-refractivity contribution is -0.0749. The molecule has 3 aromatic carbocycles. The second-order valence-corrected chi connectivity index (χ2v) is 7.21. The summed E-state index contributed by atoms with van der Waals surface area (Å²) >= 11 is 4.73. The number of para-hydroxylation sites is 3. The quantitative estimate of drug-likeness (QED) is 0.393. The molecule has 128 valence electrons. The lowest BCUT2D eigenvalue weighted by Crippen LogP contribution is -2.51. The topological polar surface area (TPSA) is 27.7 Å². The van der Waals surface area contributed by atoms with Crippen LogP contribution in [-0.4, -0.2) is 21.1 Å². The largest absolute Gasteiger partial charge is 0.486 e. The van der Waals surface area contributed by atoms with Crippen LogP contribution in [0.1, 0.15) is 0 Å². The highest BCUT2D eigenvalue weighted by Gasteiger charge is 2.39. The van der Waals surface area contributed by atoms with Gasteiger partial charge in [-0.25, -0.2) is 0 Å². The normalized spacial score (nSPS) is 12.4. The number of benzene rings is 3. The fraction of sp³-hybridized carbons (Fsp3) is 0.100. The predicted molar refractivity (Wildman–Crippen MR) is 107 cm³/mol. The molecular weight excluding hydrogens is 348 g/mol. The van der Waals surface area contributed by atoms with E-state index in [1.165, 1.54) is 0 Å². The maximum atomic E-state index is 6.09. The standard InChI is InChI=1S/C20H20O3SSi/c24-20(22-17-12-6-2-7-13-17,23-18-14-8-3-9-15-18)19(25)21-16-10-4-1-5-11-16/h1-15,19,24H,25H3. The van der Waals surface area contributed by atoms with Crippen molar-refractivity contribution in [3.8, 4) is 17.2 Å². The van der Waals surface area contributed by atoms with Gasteiger partial charge in [0.05, 0.1) is 10.2 Å². The van der Waals surface area contributed by atoms with Crippen molar-refractivity contribution in [3.63, 3.8) is 0 Å². The summed E-state index contributed by atoms with van der Waals surface area (Å²) in [6.07, 6.45) is 0. The summed E-state index contributed by atoms with van der Waals surface area (Å²) in [6.45, 7) is 0. The van der Waals surface area contributed by atoms with Crippen LogP contribution in [0.15, 0.2) is 91.0 Å². The fourth-order valence-corrected chi connectivity index (χ4v) is 3.05. The van der Waals surface area contributed by atoms with E-state index in [4.69, 9.17) is 26.8 Å². The van der Waals surface area contributed by atoms with E-state index in [0.29, 0.717) is 21.7 Å². The molecule has 1 atom stereocenters. The van der Waals surface area contributed by atoms with Crippen LogP contribution >= 0.6 is 12.6 Å². The number of hydrogen-bond acceptors (Lipinski definition) is 4. The molecule has 1 unspecified atom stereocenters. The van der Waals surface area contributed by atoms with Gasteiger partial charge in [-0.3, -0.25) is 0 Å². The molecule has 3 aromatic rings. The van der Waals surface area contributed by atoms with E-state index < -0.39 is 5.12 Å². The Morgan fingerprint density at radius 2 is 1.00 bits per heavy atom. The summed E-state index contributed by atoms with van der Waals surface area (Å²) in [5.41, 5.74) is -0.348. The molecule has 0 aromatic heterocycles. The van der Waals surface area contributed by atoms with Gasteiger partial charge in [0.15, 0.2) is 5.73 Å². The molecule has 3 rings (SSSR count). The van der Waals surface area contributed by atoms with Crippen LogP contribution in [0.4, 0.5) is 0 Å². The Balaban J connectivity index is 1.84. The van der Waals surface area contributed by atoms with Crippen LogP contribution in [0, 0.1) is 0 Å². The second kappa shape index (κ2) is 8.14. The molecule has 0 amide bonds. The van der Waals surface area contributed by atoms with Crippen LogP contribution in [0.5, 0.6) is 17.2 Å². The maximum Gasteiger partial charge on any atom is 0.332 e. The third-order valence-electron chi connectivity index (χ3n) is 3.58. The molecule has 0 aliphatic carbocycles. The Kier molecular flexibility index (Phi) is 5.68. The first kappa shape index (κ1) is 17.4. The van der Waals surface area contributed by atoms with Crippen molar-refractivity contribution < 1.29 is 14.2 Å². The van der Waals surface area contributed by atoms with Gasteiger partial charge < -0.3 is 14.2 Å². The number of thiol groups is 1. The zero-order valence-corrected chi connectivity index (χ0v) is 16.8. The van der Waals surface area contributed by atoms with E-state index >= 15 is 0 Å². The van der Waals surface area contributed by atoms with Crippen molar-refractivity contribution in [2.24, 2.45) is 0 Å². The van der Waals surface area contributed by atoms with Gasteiger partial charge in [0.2, 0.25) is 0 Å². The van der Waals surface area contributed by atoms with Crippen molar-refractivity contribution in [1.29, 1.82) is 0 Å². The fourth-order valence-electron chi connectivity index (χ4n) is 2.28. The molecule has 0 heterocycles. The third-order valence-corrected chi connectivity index (χ3v) is 5.61. The minimum Gasteiger partial charge on any atom is -0.486 e. The first-order valence-corrected chi connectivity index (χ1v) is 9.68. The molecule has 0 saturated carbocycles. The number of rotatable bonds is 7. The molecule has 0 aliphatic rings. The van der Waals surface area contributed by atoms with Crippen molar-refractivity contribution in [2.45, 2.75) is 10.8 Å². The minimum absolute atomic E-state index is 0.348. The van der Waals surface area contributed by atoms with Crippen LogP contribution in [0.2, 0.25) is 0 Å². The van der Waals surface area contributed by atoms with E-state index in [2.05, 4.69) is 0 Å². The molecule has 5 heteroatoms. The summed E-state index contributed by atoms with van der Waals surface area (Å²) in [5.74, 6) is 2.10. The van der Waals surface area contributed by atoms with Crippen molar-refractivity contribution >= 4 is 22.9 Å². The van der Waals surface area contributed by atoms with Crippen LogP contribution < -0.4 is 14.2 Å². The van der Waals surface area contributed by atoms with Crippen molar-refractivity contribution in [3.05, 3.63) is 91.0 Å². The second-order valence-electron chi connectivity index (χ2n) is 5.53. The predicted octanol–water partition coefficient (Wildman–Crippen LogP) is 3.50. The Labute approximate surface area is 156 Å². The zero-order chi connectivity index (χ0) is 17.5. The smallest absolute Gasteiger partial charge is 0.332 e. The van der Waals surface area contributed by atoms with Crippen LogP contribution in [0.3, 0.4) is 0 Å². The van der Waals surface area contributed by atoms with Gasteiger partial charge in [-0.05, 0) is 36.4 Å². The van der Waals surface area contributed by atoms with Gasteiger partial charge in [0.25, 0.3) is 0 Å². The van der Waals surface area contributed by atoms with Gasteiger partial charge in [-0.15, -0.1) is 0 Å². The summed E-state index contributed by atoms with van der Waals surface area (Å²) in [7, 11) is 0.655. The highest BCUT2D eigenvalue weighted by Crippen LogP contribution is 2.30. The van der Waals surface area contributed by atoms with E-state index in [1.54, 1.807) is 0 Å². The van der Waals surface area contributed by atoms with E-state index in [0.717, 1.165) is 5.75 Å².